The van der Waals surface area contributed by atoms with Crippen LogP contribution in [0.15, 0.2) is 36.4 Å². The van der Waals surface area contributed by atoms with Gasteiger partial charge in [-0.15, -0.1) is 11.8 Å². The van der Waals surface area contributed by atoms with E-state index in [0.717, 1.165) is 5.56 Å². The first-order chi connectivity index (χ1) is 13.1. The van der Waals surface area contributed by atoms with Crippen molar-refractivity contribution in [2.75, 3.05) is 31.4 Å². The van der Waals surface area contributed by atoms with Gasteiger partial charge in [-0.25, -0.2) is 4.39 Å². The minimum atomic E-state index is -0.405. The summed E-state index contributed by atoms with van der Waals surface area (Å²) in [5.74, 6) is 1.69. The second-order valence-electron chi connectivity index (χ2n) is 5.54. The molecule has 0 saturated carbocycles. The third kappa shape index (κ3) is 6.36. The molecule has 0 unspecified atom stereocenters. The highest BCUT2D eigenvalue weighted by Gasteiger charge is 2.09. The summed E-state index contributed by atoms with van der Waals surface area (Å²) in [6, 6.07) is 10.1. The Morgan fingerprint density at radius 2 is 1.74 bits per heavy atom. The molecule has 0 atom stereocenters. The number of ether oxygens (including phenoxy) is 3. The summed E-state index contributed by atoms with van der Waals surface area (Å²) in [4.78, 5) is 12.2. The van der Waals surface area contributed by atoms with Crippen molar-refractivity contribution in [2.45, 2.75) is 19.6 Å². The lowest BCUT2D eigenvalue weighted by Crippen LogP contribution is -2.14. The summed E-state index contributed by atoms with van der Waals surface area (Å²) < 4.78 is 29.6. The maximum absolute atomic E-state index is 13.7. The molecule has 2 rings (SSSR count). The first-order valence-corrected chi connectivity index (χ1v) is 9.82. The van der Waals surface area contributed by atoms with E-state index in [9.17, 15) is 9.18 Å². The predicted molar refractivity (Wildman–Crippen MR) is 107 cm³/mol. The molecule has 0 fully saturated rings. The van der Waals surface area contributed by atoms with E-state index in [2.05, 4.69) is 5.32 Å². The number of benzene rings is 2. The number of methoxy groups -OCH3 is 1. The van der Waals surface area contributed by atoms with Gasteiger partial charge in [0.25, 0.3) is 0 Å². The molecular formula is C20H24FNO4S. The molecule has 0 bridgehead atoms. The van der Waals surface area contributed by atoms with Gasteiger partial charge in [0.2, 0.25) is 5.91 Å². The highest BCUT2D eigenvalue weighted by Crippen LogP contribution is 2.30. The number of rotatable bonds is 10. The summed E-state index contributed by atoms with van der Waals surface area (Å²) in [7, 11) is 1.43. The van der Waals surface area contributed by atoms with E-state index >= 15 is 0 Å². The number of anilines is 1. The zero-order valence-electron chi connectivity index (χ0n) is 15.7. The zero-order valence-corrected chi connectivity index (χ0v) is 16.5. The minimum Gasteiger partial charge on any atom is -0.494 e. The van der Waals surface area contributed by atoms with E-state index in [1.165, 1.54) is 24.9 Å². The molecule has 0 heterocycles. The summed E-state index contributed by atoms with van der Waals surface area (Å²) in [5.41, 5.74) is 1.44. The van der Waals surface area contributed by atoms with Crippen LogP contribution in [-0.2, 0) is 10.5 Å². The number of thioether (sulfide) groups is 1. The van der Waals surface area contributed by atoms with Gasteiger partial charge in [0.15, 0.2) is 23.1 Å². The van der Waals surface area contributed by atoms with Crippen LogP contribution in [0, 0.1) is 5.82 Å². The topological polar surface area (TPSA) is 56.8 Å². The lowest BCUT2D eigenvalue weighted by atomic mass is 10.2. The number of carbonyl (C=O) groups is 1. The van der Waals surface area contributed by atoms with Crippen LogP contribution in [0.3, 0.4) is 0 Å². The Morgan fingerprint density at radius 3 is 2.41 bits per heavy atom. The van der Waals surface area contributed by atoms with Crippen molar-refractivity contribution < 1.29 is 23.4 Å². The van der Waals surface area contributed by atoms with E-state index in [-0.39, 0.29) is 17.4 Å². The van der Waals surface area contributed by atoms with Gasteiger partial charge in [-0.05, 0) is 43.7 Å². The Morgan fingerprint density at radius 1 is 1.04 bits per heavy atom. The third-order valence-electron chi connectivity index (χ3n) is 3.55. The molecule has 0 aliphatic carbocycles. The molecule has 0 spiro atoms. The van der Waals surface area contributed by atoms with E-state index < -0.39 is 5.82 Å². The maximum atomic E-state index is 13.7. The lowest BCUT2D eigenvalue weighted by molar-refractivity contribution is -0.113. The molecule has 2 aromatic carbocycles. The smallest absolute Gasteiger partial charge is 0.234 e. The molecule has 1 amide bonds. The second kappa shape index (κ2) is 10.7. The first-order valence-electron chi connectivity index (χ1n) is 8.67. The number of amides is 1. The summed E-state index contributed by atoms with van der Waals surface area (Å²) in [6.45, 7) is 4.83. The number of carbonyl (C=O) groups excluding carboxylic acids is 1. The van der Waals surface area contributed by atoms with E-state index in [0.29, 0.717) is 36.2 Å². The van der Waals surface area contributed by atoms with Crippen LogP contribution in [0.25, 0.3) is 0 Å². The van der Waals surface area contributed by atoms with Crippen LogP contribution < -0.4 is 19.5 Å². The summed E-state index contributed by atoms with van der Waals surface area (Å²) in [6.07, 6.45) is 0. The molecule has 5 nitrogen and oxygen atoms in total. The van der Waals surface area contributed by atoms with Crippen molar-refractivity contribution in [3.8, 4) is 17.2 Å². The third-order valence-corrected chi connectivity index (χ3v) is 4.55. The molecule has 27 heavy (non-hydrogen) atoms. The van der Waals surface area contributed by atoms with Gasteiger partial charge in [0.1, 0.15) is 0 Å². The van der Waals surface area contributed by atoms with Crippen molar-refractivity contribution in [1.82, 2.24) is 0 Å². The number of halogens is 1. The SMILES string of the molecule is CCOc1ccc(NC(=O)CSCc2ccc(OC)c(F)c2)cc1OCC. The molecule has 7 heteroatoms. The lowest BCUT2D eigenvalue weighted by Gasteiger charge is -2.13. The van der Waals surface area contributed by atoms with Gasteiger partial charge in [0, 0.05) is 17.5 Å². The average molecular weight is 393 g/mol. The monoisotopic (exact) mass is 393 g/mol. The standard InChI is InChI=1S/C20H24FNO4S/c1-4-25-18-9-7-15(11-19(18)26-5-2)22-20(23)13-27-12-14-6-8-17(24-3)16(21)10-14/h6-11H,4-5,12-13H2,1-3H3,(H,22,23). The quantitative estimate of drug-likeness (QED) is 0.644. The number of hydrogen-bond donors (Lipinski definition) is 1. The van der Waals surface area contributed by atoms with Crippen LogP contribution in [0.2, 0.25) is 0 Å². The molecule has 0 aliphatic rings. The number of hydrogen-bond acceptors (Lipinski definition) is 5. The van der Waals surface area contributed by atoms with Crippen LogP contribution in [0.5, 0.6) is 17.2 Å². The highest BCUT2D eigenvalue weighted by molar-refractivity contribution is 7.99. The van der Waals surface area contributed by atoms with Crippen molar-refractivity contribution in [1.29, 1.82) is 0 Å². The molecule has 0 radical (unpaired) electrons. The van der Waals surface area contributed by atoms with Gasteiger partial charge in [-0.2, -0.15) is 0 Å². The molecule has 0 saturated heterocycles. The van der Waals surface area contributed by atoms with Crippen LogP contribution >= 0.6 is 11.8 Å². The van der Waals surface area contributed by atoms with Crippen LogP contribution in [-0.4, -0.2) is 32.0 Å². The Balaban J connectivity index is 1.88. The zero-order chi connectivity index (χ0) is 19.6. The largest absolute Gasteiger partial charge is 0.494 e. The fourth-order valence-electron chi connectivity index (χ4n) is 2.39. The molecule has 2 aromatic rings. The maximum Gasteiger partial charge on any atom is 0.234 e. The Kier molecular flexibility index (Phi) is 8.26. The molecular weight excluding hydrogens is 369 g/mol. The Labute approximate surface area is 163 Å². The second-order valence-corrected chi connectivity index (χ2v) is 6.52. The summed E-state index contributed by atoms with van der Waals surface area (Å²) in [5, 5.41) is 2.84. The Hall–Kier alpha value is -2.41. The Bertz CT molecular complexity index is 770. The molecule has 0 aromatic heterocycles. The molecule has 146 valence electrons. The van der Waals surface area contributed by atoms with Gasteiger partial charge in [0.05, 0.1) is 26.1 Å². The van der Waals surface area contributed by atoms with Gasteiger partial charge in [-0.3, -0.25) is 4.79 Å². The van der Waals surface area contributed by atoms with Gasteiger partial charge in [-0.1, -0.05) is 6.07 Å². The van der Waals surface area contributed by atoms with Gasteiger partial charge < -0.3 is 19.5 Å². The average Bonchev–Trinajstić information content (AvgIpc) is 2.64. The van der Waals surface area contributed by atoms with Crippen LogP contribution in [0.1, 0.15) is 19.4 Å². The van der Waals surface area contributed by atoms with Gasteiger partial charge >= 0.3 is 0 Å². The normalized spacial score (nSPS) is 10.4. The van der Waals surface area contributed by atoms with Crippen molar-refractivity contribution >= 4 is 23.4 Å². The van der Waals surface area contributed by atoms with E-state index in [1.807, 2.05) is 13.8 Å². The molecule has 0 aliphatic heterocycles. The van der Waals surface area contributed by atoms with Crippen molar-refractivity contribution in [3.63, 3.8) is 0 Å². The van der Waals surface area contributed by atoms with Crippen molar-refractivity contribution in [2.24, 2.45) is 0 Å². The number of nitrogens with one attached hydrogen (secondary N) is 1. The van der Waals surface area contributed by atoms with Crippen molar-refractivity contribution in [3.05, 3.63) is 47.8 Å². The van der Waals surface area contributed by atoms with E-state index in [4.69, 9.17) is 14.2 Å². The fraction of sp³-hybridized carbons (Fsp3) is 0.350. The van der Waals surface area contributed by atoms with E-state index in [1.54, 1.807) is 30.3 Å². The molecule has 1 N–H and O–H groups in total. The summed E-state index contributed by atoms with van der Waals surface area (Å²) >= 11 is 1.41. The first kappa shape index (κ1) is 20.9. The highest BCUT2D eigenvalue weighted by atomic mass is 32.2. The fourth-order valence-corrected chi connectivity index (χ4v) is 3.16. The predicted octanol–water partition coefficient (Wildman–Crippen LogP) is 4.50. The van der Waals surface area contributed by atoms with Crippen LogP contribution in [0.4, 0.5) is 10.1 Å². The minimum absolute atomic E-state index is 0.138.